The highest BCUT2D eigenvalue weighted by Gasteiger charge is 2.23. The topological polar surface area (TPSA) is 64.0 Å². The molecular weight excluding hydrogens is 486 g/mol. The van der Waals surface area contributed by atoms with Crippen molar-refractivity contribution in [2.45, 2.75) is 64.5 Å². The summed E-state index contributed by atoms with van der Waals surface area (Å²) in [7, 11) is 0. The number of hydrogen-bond donors (Lipinski definition) is 1. The second kappa shape index (κ2) is 10.2. The lowest BCUT2D eigenvalue weighted by molar-refractivity contribution is -0.113. The Labute approximate surface area is 220 Å². The molecule has 1 N–H and O–H groups in total. The van der Waals surface area contributed by atoms with Gasteiger partial charge >= 0.3 is 0 Å². The molecule has 1 aliphatic carbocycles. The Morgan fingerprint density at radius 2 is 1.86 bits per heavy atom. The number of aromatic nitrogens is 2. The number of amides is 1. The van der Waals surface area contributed by atoms with Crippen LogP contribution in [-0.4, -0.2) is 21.2 Å². The molecule has 2 aromatic heterocycles. The highest BCUT2D eigenvalue weighted by molar-refractivity contribution is 7.99. The highest BCUT2D eigenvalue weighted by Crippen LogP contribution is 2.35. The third-order valence-corrected chi connectivity index (χ3v) is 8.87. The van der Waals surface area contributed by atoms with Crippen LogP contribution in [0.5, 0.6) is 0 Å². The smallest absolute Gasteiger partial charge is 0.267 e. The number of carbonyl (C=O) groups excluding carboxylic acids is 1. The maximum Gasteiger partial charge on any atom is 0.267 e. The average Bonchev–Trinajstić information content (AvgIpc) is 3.22. The molecule has 0 bridgehead atoms. The first-order valence-corrected chi connectivity index (χ1v) is 14.3. The summed E-state index contributed by atoms with van der Waals surface area (Å²) < 4.78 is 1.72. The van der Waals surface area contributed by atoms with Crippen molar-refractivity contribution in [1.29, 1.82) is 0 Å². The second-order valence-electron chi connectivity index (χ2n) is 9.83. The molecule has 0 unspecified atom stereocenters. The monoisotopic (exact) mass is 517 g/mol. The molecule has 0 atom stereocenters. The summed E-state index contributed by atoms with van der Waals surface area (Å²) in [5, 5.41) is 4.29. The Hall–Kier alpha value is -2.90. The van der Waals surface area contributed by atoms with Crippen molar-refractivity contribution in [2.75, 3.05) is 11.1 Å². The van der Waals surface area contributed by atoms with E-state index in [9.17, 15) is 9.59 Å². The van der Waals surface area contributed by atoms with E-state index in [1.807, 2.05) is 50.2 Å². The van der Waals surface area contributed by atoms with Gasteiger partial charge in [-0.3, -0.25) is 14.2 Å². The Kier molecular flexibility index (Phi) is 7.04. The Morgan fingerprint density at radius 3 is 2.58 bits per heavy atom. The number of anilines is 1. The van der Waals surface area contributed by atoms with Gasteiger partial charge in [0, 0.05) is 10.6 Å². The lowest BCUT2D eigenvalue weighted by atomic mass is 9.97. The summed E-state index contributed by atoms with van der Waals surface area (Å²) in [6.45, 7) is 8.36. The van der Waals surface area contributed by atoms with E-state index in [-0.39, 0.29) is 17.2 Å². The summed E-state index contributed by atoms with van der Waals surface area (Å²) in [6.07, 6.45) is 4.21. The van der Waals surface area contributed by atoms with E-state index in [1.165, 1.54) is 27.8 Å². The number of hydrogen-bond acceptors (Lipinski definition) is 5. The molecule has 1 amide bonds. The lowest BCUT2D eigenvalue weighted by Gasteiger charge is -2.16. The van der Waals surface area contributed by atoms with Crippen LogP contribution in [-0.2, 0) is 17.6 Å². The van der Waals surface area contributed by atoms with Gasteiger partial charge in [-0.2, -0.15) is 0 Å². The number of rotatable bonds is 6. The molecule has 0 saturated carbocycles. The van der Waals surface area contributed by atoms with Crippen LogP contribution in [0.4, 0.5) is 5.69 Å². The molecule has 0 aliphatic heterocycles. The number of benzene rings is 2. The SMILES string of the molecule is Cc1ccc(-n2c(SCC(=O)Nc3ccc(C(C)C)cc3)nc3sc4c(c3c2=O)CCCC4)c(C)c1. The van der Waals surface area contributed by atoms with Crippen LogP contribution >= 0.6 is 23.1 Å². The quantitative estimate of drug-likeness (QED) is 0.226. The molecule has 1 aliphatic rings. The van der Waals surface area contributed by atoms with Gasteiger partial charge in [0.1, 0.15) is 4.83 Å². The summed E-state index contributed by atoms with van der Waals surface area (Å²) in [6, 6.07) is 14.0. The van der Waals surface area contributed by atoms with E-state index in [1.54, 1.807) is 15.9 Å². The van der Waals surface area contributed by atoms with Gasteiger partial charge in [0.05, 0.1) is 16.8 Å². The average molecular weight is 518 g/mol. The third kappa shape index (κ3) is 4.87. The third-order valence-electron chi connectivity index (χ3n) is 6.74. The van der Waals surface area contributed by atoms with Gasteiger partial charge in [0.2, 0.25) is 5.91 Å². The maximum absolute atomic E-state index is 14.0. The molecule has 5 rings (SSSR count). The van der Waals surface area contributed by atoms with Crippen LogP contribution in [0.1, 0.15) is 59.7 Å². The van der Waals surface area contributed by atoms with Gasteiger partial charge < -0.3 is 5.32 Å². The molecule has 0 fully saturated rings. The number of aryl methyl sites for hydroxylation is 4. The van der Waals surface area contributed by atoms with Crippen molar-refractivity contribution >= 4 is 44.9 Å². The first-order valence-electron chi connectivity index (χ1n) is 12.5. The number of thiophene rings is 1. The van der Waals surface area contributed by atoms with Crippen LogP contribution < -0.4 is 10.9 Å². The normalized spacial score (nSPS) is 13.2. The summed E-state index contributed by atoms with van der Waals surface area (Å²) >= 11 is 2.95. The van der Waals surface area contributed by atoms with Crippen molar-refractivity contribution in [3.63, 3.8) is 0 Å². The van der Waals surface area contributed by atoms with E-state index < -0.39 is 0 Å². The van der Waals surface area contributed by atoms with E-state index in [2.05, 4.69) is 25.2 Å². The van der Waals surface area contributed by atoms with E-state index >= 15 is 0 Å². The van der Waals surface area contributed by atoms with Crippen LogP contribution in [0.2, 0.25) is 0 Å². The molecule has 5 nitrogen and oxygen atoms in total. The number of nitrogens with one attached hydrogen (secondary N) is 1. The zero-order valence-corrected chi connectivity index (χ0v) is 22.8. The Bertz CT molecular complexity index is 1500. The van der Waals surface area contributed by atoms with Crippen LogP contribution in [0.25, 0.3) is 15.9 Å². The number of nitrogens with zero attached hydrogens (tertiary/aromatic N) is 2. The molecular formula is C29H31N3O2S2. The van der Waals surface area contributed by atoms with Gasteiger partial charge in [-0.05, 0) is 80.3 Å². The molecule has 186 valence electrons. The maximum atomic E-state index is 14.0. The minimum absolute atomic E-state index is 0.0291. The zero-order chi connectivity index (χ0) is 25.4. The van der Waals surface area contributed by atoms with E-state index in [0.29, 0.717) is 11.1 Å². The van der Waals surface area contributed by atoms with Gasteiger partial charge in [0.25, 0.3) is 5.56 Å². The summed E-state index contributed by atoms with van der Waals surface area (Å²) in [5.41, 5.74) is 6.13. The van der Waals surface area contributed by atoms with Crippen molar-refractivity contribution in [3.8, 4) is 5.69 Å². The minimum atomic E-state index is -0.121. The number of carbonyl (C=O) groups is 1. The van der Waals surface area contributed by atoms with Crippen molar-refractivity contribution < 1.29 is 4.79 Å². The van der Waals surface area contributed by atoms with Gasteiger partial charge in [-0.15, -0.1) is 11.3 Å². The molecule has 0 radical (unpaired) electrons. The second-order valence-corrected chi connectivity index (χ2v) is 11.9. The molecule has 2 heterocycles. The standard InChI is InChI=1S/C29H31N3O2S2/c1-17(2)20-10-12-21(13-11-20)30-25(33)16-35-29-31-27-26(22-7-5-6-8-24(22)36-27)28(34)32(29)23-14-9-18(3)15-19(23)4/h9-15,17H,5-8,16H2,1-4H3,(H,30,33). The first-order chi connectivity index (χ1) is 17.3. The Balaban J connectivity index is 1.49. The summed E-state index contributed by atoms with van der Waals surface area (Å²) in [5.74, 6) is 0.486. The fraction of sp³-hybridized carbons (Fsp3) is 0.345. The van der Waals surface area contributed by atoms with Gasteiger partial charge in [-0.25, -0.2) is 4.98 Å². The van der Waals surface area contributed by atoms with Crippen molar-refractivity contribution in [1.82, 2.24) is 9.55 Å². The van der Waals surface area contributed by atoms with Crippen molar-refractivity contribution in [2.24, 2.45) is 0 Å². The molecule has 4 aromatic rings. The van der Waals surface area contributed by atoms with Gasteiger partial charge in [0.15, 0.2) is 5.16 Å². The van der Waals surface area contributed by atoms with Crippen LogP contribution in [0, 0.1) is 13.8 Å². The minimum Gasteiger partial charge on any atom is -0.325 e. The van der Waals surface area contributed by atoms with Gasteiger partial charge in [-0.1, -0.05) is 55.4 Å². The molecule has 0 saturated heterocycles. The molecule has 0 spiro atoms. The van der Waals surface area contributed by atoms with Crippen LogP contribution in [0.3, 0.4) is 0 Å². The summed E-state index contributed by atoms with van der Waals surface area (Å²) in [4.78, 5) is 33.8. The van der Waals surface area contributed by atoms with E-state index in [0.717, 1.165) is 58.4 Å². The fourth-order valence-corrected chi connectivity index (χ4v) is 6.94. The lowest BCUT2D eigenvalue weighted by Crippen LogP contribution is -2.24. The van der Waals surface area contributed by atoms with Crippen molar-refractivity contribution in [3.05, 3.63) is 79.9 Å². The molecule has 36 heavy (non-hydrogen) atoms. The first kappa shape index (κ1) is 24.8. The van der Waals surface area contributed by atoms with Crippen LogP contribution in [0.15, 0.2) is 52.4 Å². The number of fused-ring (bicyclic) bond motifs is 3. The highest BCUT2D eigenvalue weighted by atomic mass is 32.2. The largest absolute Gasteiger partial charge is 0.325 e. The predicted octanol–water partition coefficient (Wildman–Crippen LogP) is 6.80. The number of thioether (sulfide) groups is 1. The predicted molar refractivity (Wildman–Crippen MR) is 151 cm³/mol. The Morgan fingerprint density at radius 1 is 1.11 bits per heavy atom. The van der Waals surface area contributed by atoms with E-state index in [4.69, 9.17) is 4.98 Å². The molecule has 7 heteroatoms. The molecule has 2 aromatic carbocycles. The zero-order valence-electron chi connectivity index (χ0n) is 21.2. The fourth-order valence-electron chi connectivity index (χ4n) is 4.83.